The average molecular weight is 330 g/mol. The van der Waals surface area contributed by atoms with Crippen LogP contribution in [0.1, 0.15) is 0 Å². The molecule has 0 unspecified atom stereocenters. The van der Waals surface area contributed by atoms with Gasteiger partial charge in [0.2, 0.25) is 0 Å². The van der Waals surface area contributed by atoms with Gasteiger partial charge in [-0.3, -0.25) is 0 Å². The van der Waals surface area contributed by atoms with Crippen molar-refractivity contribution in [2.75, 3.05) is 0 Å². The van der Waals surface area contributed by atoms with E-state index < -0.39 is 0 Å². The molecule has 4 heteroatoms. The van der Waals surface area contributed by atoms with Crippen molar-refractivity contribution in [3.63, 3.8) is 0 Å². The van der Waals surface area contributed by atoms with E-state index in [0.717, 1.165) is 0 Å². The summed E-state index contributed by atoms with van der Waals surface area (Å²) in [5.74, 6) is 0. The minimum absolute atomic E-state index is 0. The fraction of sp³-hybridized carbons (Fsp3) is 0. The van der Waals surface area contributed by atoms with Gasteiger partial charge in [-0.1, -0.05) is 0 Å². The molecule has 0 aliphatic rings. The second-order valence-electron chi connectivity index (χ2n) is 0. The summed E-state index contributed by atoms with van der Waals surface area (Å²) < 4.78 is 0. The van der Waals surface area contributed by atoms with Gasteiger partial charge in [0.25, 0.3) is 0 Å². The zero-order valence-electron chi connectivity index (χ0n) is 1.54. The van der Waals surface area contributed by atoms with E-state index in [1.165, 1.54) is 0 Å². The zero-order valence-corrected chi connectivity index (χ0v) is 7.52. The first-order valence-electron chi connectivity index (χ1n) is 0. The summed E-state index contributed by atoms with van der Waals surface area (Å²) in [5.41, 5.74) is 0. The van der Waals surface area contributed by atoms with Gasteiger partial charge in [-0.2, -0.15) is 0 Å². The molecule has 0 aromatic rings. The Labute approximate surface area is 64.4 Å². The Morgan fingerprint density at radius 2 is 1.00 bits per heavy atom. The first-order valence-corrected chi connectivity index (χ1v) is 0. The van der Waals surface area contributed by atoms with Crippen molar-refractivity contribution in [1.82, 2.24) is 0 Å². The maximum absolute atomic E-state index is 0. The molecule has 4 radical (unpaired) electrons. The van der Waals surface area contributed by atoms with Crippen LogP contribution in [0, 0.1) is 0 Å². The molecule has 0 heterocycles. The van der Waals surface area contributed by atoms with Crippen molar-refractivity contribution < 1.29 is 54.9 Å². The van der Waals surface area contributed by atoms with E-state index in [1.807, 2.05) is 0 Å². The van der Waals surface area contributed by atoms with Crippen molar-refractivity contribution in [3.8, 4) is 0 Å². The van der Waals surface area contributed by atoms with E-state index in [4.69, 9.17) is 0 Å². The van der Waals surface area contributed by atoms with Crippen LogP contribution in [0.2, 0.25) is 0 Å². The van der Waals surface area contributed by atoms with Crippen molar-refractivity contribution in [1.29, 1.82) is 0 Å². The molecule has 0 N–H and O–H groups in total. The molecule has 28 valence electrons. The number of hydrogen-bond acceptors (Lipinski definition) is 0. The molecule has 0 saturated heterocycles. The molecular formula is CoFePW. The molecule has 0 aromatic heterocycles. The summed E-state index contributed by atoms with van der Waals surface area (Å²) in [5, 5.41) is 0. The third kappa shape index (κ3) is 8.91. The first kappa shape index (κ1) is 35.4. The second-order valence-corrected chi connectivity index (χ2v) is 0. The van der Waals surface area contributed by atoms with Crippen LogP contribution in [-0.4, -0.2) is 0 Å². The molecule has 0 aromatic carbocycles. The Hall–Kier alpha value is 2.14. The van der Waals surface area contributed by atoms with Gasteiger partial charge in [0.15, 0.2) is 0 Å². The van der Waals surface area contributed by atoms with Crippen molar-refractivity contribution in [2.24, 2.45) is 0 Å². The van der Waals surface area contributed by atoms with Crippen molar-refractivity contribution in [2.45, 2.75) is 0 Å². The molecule has 4 heavy (non-hydrogen) atoms. The fourth-order valence-corrected chi connectivity index (χ4v) is 0. The summed E-state index contributed by atoms with van der Waals surface area (Å²) in [6.45, 7) is 0. The van der Waals surface area contributed by atoms with Crippen LogP contribution in [-0.2, 0) is 54.9 Å². The van der Waals surface area contributed by atoms with Gasteiger partial charge in [-0.05, 0) is 0 Å². The van der Waals surface area contributed by atoms with Crippen LogP contribution in [0.15, 0.2) is 0 Å². The SMILES string of the molecule is [Co].[Fe].[P].[W]. The van der Waals surface area contributed by atoms with Gasteiger partial charge >= 0.3 is 0 Å². The Morgan fingerprint density at radius 3 is 1.00 bits per heavy atom. The monoisotopic (exact) mass is 330 g/mol. The molecule has 0 aliphatic heterocycles. The van der Waals surface area contributed by atoms with Crippen LogP contribution < -0.4 is 0 Å². The van der Waals surface area contributed by atoms with E-state index in [0.29, 0.717) is 0 Å². The molecule has 0 saturated carbocycles. The van der Waals surface area contributed by atoms with Gasteiger partial charge in [-0.15, -0.1) is 0 Å². The molecule has 0 aliphatic carbocycles. The van der Waals surface area contributed by atoms with E-state index in [1.54, 1.807) is 0 Å². The maximum Gasteiger partial charge on any atom is 0 e. The average Bonchev–Trinajstić information content (AvgIpc) is 0. The minimum Gasteiger partial charge on any atom is 0 e. The topological polar surface area (TPSA) is 0 Å². The Bertz CT molecular complexity index is 8.00. The minimum atomic E-state index is 0. The summed E-state index contributed by atoms with van der Waals surface area (Å²) in [6.07, 6.45) is 0. The first-order chi connectivity index (χ1) is 0. The van der Waals surface area contributed by atoms with E-state index in [-0.39, 0.29) is 64.8 Å². The molecular weight excluding hydrogens is 330 g/mol. The maximum atomic E-state index is 0. The fourth-order valence-electron chi connectivity index (χ4n) is 0. The predicted octanol–water partition coefficient (Wildman–Crippen LogP) is 0.854. The molecule has 0 atom stereocenters. The van der Waals surface area contributed by atoms with Gasteiger partial charge in [-0.25, -0.2) is 0 Å². The van der Waals surface area contributed by atoms with Crippen molar-refractivity contribution >= 4 is 9.90 Å². The molecule has 0 nitrogen and oxygen atoms in total. The summed E-state index contributed by atoms with van der Waals surface area (Å²) in [4.78, 5) is 0. The number of hydrogen-bond donors (Lipinski definition) is 0. The summed E-state index contributed by atoms with van der Waals surface area (Å²) in [7, 11) is 0. The van der Waals surface area contributed by atoms with Crippen LogP contribution >= 0.6 is 9.90 Å². The quantitative estimate of drug-likeness (QED) is 0.457. The van der Waals surface area contributed by atoms with E-state index >= 15 is 0 Å². The van der Waals surface area contributed by atoms with E-state index in [2.05, 4.69) is 0 Å². The van der Waals surface area contributed by atoms with Gasteiger partial charge < -0.3 is 0 Å². The van der Waals surface area contributed by atoms with Crippen molar-refractivity contribution in [3.05, 3.63) is 0 Å². The summed E-state index contributed by atoms with van der Waals surface area (Å²) >= 11 is 0. The number of rotatable bonds is 0. The standard InChI is InChI=1S/Co.Fe.P.W. The van der Waals surface area contributed by atoms with Gasteiger partial charge in [0, 0.05) is 64.8 Å². The van der Waals surface area contributed by atoms with Crippen LogP contribution in [0.5, 0.6) is 0 Å². The third-order valence-electron chi connectivity index (χ3n) is 0. The Balaban J connectivity index is 0. The zero-order chi connectivity index (χ0) is 0. The van der Waals surface area contributed by atoms with Crippen LogP contribution in [0.25, 0.3) is 0 Å². The van der Waals surface area contributed by atoms with Crippen LogP contribution in [0.3, 0.4) is 0 Å². The second kappa shape index (κ2) is 19.2. The van der Waals surface area contributed by atoms with E-state index in [9.17, 15) is 0 Å². The van der Waals surface area contributed by atoms with Gasteiger partial charge in [0.1, 0.15) is 0 Å². The smallest absolute Gasteiger partial charge is 0 e. The molecule has 0 bridgehead atoms. The largest absolute Gasteiger partial charge is 0 e. The molecule has 0 amide bonds. The predicted molar refractivity (Wildman–Crippen MR) is 6.92 cm³/mol. The summed E-state index contributed by atoms with van der Waals surface area (Å²) in [6, 6.07) is 0. The molecule has 0 fully saturated rings. The Morgan fingerprint density at radius 1 is 1.00 bits per heavy atom. The normalized spacial score (nSPS) is 0. The Kier molecular flexibility index (Phi) is 170. The third-order valence-corrected chi connectivity index (χ3v) is 0. The van der Waals surface area contributed by atoms with Gasteiger partial charge in [0.05, 0.1) is 0 Å². The molecule has 0 rings (SSSR count). The molecule has 0 spiro atoms. The van der Waals surface area contributed by atoms with Crippen LogP contribution in [0.4, 0.5) is 0 Å².